The summed E-state index contributed by atoms with van der Waals surface area (Å²) in [5.74, 6) is 2.38. The zero-order chi connectivity index (χ0) is 25.6. The summed E-state index contributed by atoms with van der Waals surface area (Å²) in [6.07, 6.45) is 4.13. The lowest BCUT2D eigenvalue weighted by Crippen LogP contribution is -2.24. The number of rotatable bonds is 11. The number of unbranched alkanes of at least 4 members (excludes halogenated alkanes) is 1. The van der Waals surface area contributed by atoms with Gasteiger partial charge in [0.2, 0.25) is 6.79 Å². The maximum Gasteiger partial charge on any atom is 0.231 e. The third kappa shape index (κ3) is 5.78. The number of ether oxygens (including phenoxy) is 3. The number of imidazole rings is 1. The van der Waals surface area contributed by atoms with Gasteiger partial charge in [0, 0.05) is 31.7 Å². The highest BCUT2D eigenvalue weighted by molar-refractivity contribution is 5.56. The number of benzene rings is 3. The topological polar surface area (TPSA) is 48.8 Å². The molecule has 6 nitrogen and oxygen atoms in total. The van der Waals surface area contributed by atoms with Gasteiger partial charge >= 0.3 is 0 Å². The Hall–Kier alpha value is -3.84. The van der Waals surface area contributed by atoms with Crippen molar-refractivity contribution in [3.8, 4) is 28.6 Å². The summed E-state index contributed by atoms with van der Waals surface area (Å²) in [6, 6.07) is 21.5. The van der Waals surface area contributed by atoms with Crippen LogP contribution in [0.4, 0.5) is 4.39 Å². The molecule has 5 rings (SSSR count). The smallest absolute Gasteiger partial charge is 0.231 e. The number of fused-ring (bicyclic) bond motifs is 1. The van der Waals surface area contributed by atoms with E-state index < -0.39 is 0 Å². The van der Waals surface area contributed by atoms with Crippen LogP contribution in [0, 0.1) is 5.82 Å². The second kappa shape index (κ2) is 11.5. The zero-order valence-electron chi connectivity index (χ0n) is 21.3. The molecule has 2 heterocycles. The Labute approximate surface area is 217 Å². The van der Waals surface area contributed by atoms with E-state index in [4.69, 9.17) is 19.2 Å². The van der Waals surface area contributed by atoms with E-state index in [1.807, 2.05) is 42.6 Å². The van der Waals surface area contributed by atoms with Gasteiger partial charge in [-0.3, -0.25) is 4.90 Å². The number of nitrogens with zero attached hydrogens (tertiary/aromatic N) is 3. The molecule has 0 fully saturated rings. The van der Waals surface area contributed by atoms with E-state index in [-0.39, 0.29) is 18.4 Å². The first-order valence-corrected chi connectivity index (χ1v) is 12.7. The molecular formula is C30H32FN3O3. The molecule has 0 amide bonds. The summed E-state index contributed by atoms with van der Waals surface area (Å²) in [6.45, 7) is 5.21. The van der Waals surface area contributed by atoms with Crippen LogP contribution in [0.3, 0.4) is 0 Å². The Morgan fingerprint density at radius 3 is 2.46 bits per heavy atom. The molecule has 0 N–H and O–H groups in total. The lowest BCUT2D eigenvalue weighted by atomic mass is 10.1. The van der Waals surface area contributed by atoms with Crippen LogP contribution in [-0.2, 0) is 26.2 Å². The minimum atomic E-state index is -0.359. The second-order valence-corrected chi connectivity index (χ2v) is 9.25. The molecule has 1 aliphatic heterocycles. The molecule has 0 aliphatic carbocycles. The molecular weight excluding hydrogens is 469 g/mol. The lowest BCUT2D eigenvalue weighted by Gasteiger charge is -2.24. The average molecular weight is 502 g/mol. The van der Waals surface area contributed by atoms with Crippen LogP contribution < -0.4 is 14.2 Å². The largest absolute Gasteiger partial charge is 0.494 e. The van der Waals surface area contributed by atoms with Crippen molar-refractivity contribution in [2.45, 2.75) is 45.9 Å². The fourth-order valence-electron chi connectivity index (χ4n) is 4.68. The Morgan fingerprint density at radius 2 is 1.70 bits per heavy atom. The van der Waals surface area contributed by atoms with Crippen LogP contribution in [-0.4, -0.2) is 28.4 Å². The summed E-state index contributed by atoms with van der Waals surface area (Å²) >= 11 is 0. The SMILES string of the molecule is CCCCn1c(CN(Cc2ccc(OC)c(F)c2)Cc2ccc3c(c2)OCO3)cnc1-c1ccccc1. The Bertz CT molecular complexity index is 1340. The highest BCUT2D eigenvalue weighted by atomic mass is 19.1. The van der Waals surface area contributed by atoms with Crippen LogP contribution in [0.25, 0.3) is 11.4 Å². The van der Waals surface area contributed by atoms with Gasteiger partial charge in [-0.25, -0.2) is 9.37 Å². The molecule has 7 heteroatoms. The molecule has 0 bridgehead atoms. The van der Waals surface area contributed by atoms with Gasteiger partial charge in [-0.05, 0) is 41.8 Å². The fourth-order valence-corrected chi connectivity index (χ4v) is 4.68. The maximum absolute atomic E-state index is 14.5. The summed E-state index contributed by atoms with van der Waals surface area (Å²) < 4.78 is 33.0. The van der Waals surface area contributed by atoms with Crippen molar-refractivity contribution < 1.29 is 18.6 Å². The number of halogens is 1. The van der Waals surface area contributed by atoms with Gasteiger partial charge in [-0.1, -0.05) is 55.8 Å². The predicted molar refractivity (Wildman–Crippen MR) is 141 cm³/mol. The van der Waals surface area contributed by atoms with Crippen molar-refractivity contribution in [3.63, 3.8) is 0 Å². The molecule has 0 saturated heterocycles. The Kier molecular flexibility index (Phi) is 7.70. The van der Waals surface area contributed by atoms with Crippen molar-refractivity contribution in [1.29, 1.82) is 0 Å². The van der Waals surface area contributed by atoms with Crippen LogP contribution >= 0.6 is 0 Å². The number of methoxy groups -OCH3 is 1. The zero-order valence-corrected chi connectivity index (χ0v) is 21.3. The van der Waals surface area contributed by atoms with E-state index in [2.05, 4.69) is 34.6 Å². The monoisotopic (exact) mass is 501 g/mol. The number of aromatic nitrogens is 2. The first-order valence-electron chi connectivity index (χ1n) is 12.7. The van der Waals surface area contributed by atoms with E-state index in [0.717, 1.165) is 59.1 Å². The minimum absolute atomic E-state index is 0.243. The summed E-state index contributed by atoms with van der Waals surface area (Å²) in [5.41, 5.74) is 4.20. The third-order valence-electron chi connectivity index (χ3n) is 6.56. The van der Waals surface area contributed by atoms with Crippen molar-refractivity contribution >= 4 is 0 Å². The van der Waals surface area contributed by atoms with Gasteiger partial charge in [-0.15, -0.1) is 0 Å². The highest BCUT2D eigenvalue weighted by Crippen LogP contribution is 2.33. The first kappa shape index (κ1) is 24.8. The van der Waals surface area contributed by atoms with E-state index in [9.17, 15) is 4.39 Å². The van der Waals surface area contributed by atoms with E-state index in [1.54, 1.807) is 12.1 Å². The van der Waals surface area contributed by atoms with Crippen molar-refractivity contribution in [3.05, 3.63) is 95.6 Å². The summed E-state index contributed by atoms with van der Waals surface area (Å²) in [4.78, 5) is 7.11. The fraction of sp³-hybridized carbons (Fsp3) is 0.300. The van der Waals surface area contributed by atoms with E-state index in [0.29, 0.717) is 19.6 Å². The Morgan fingerprint density at radius 1 is 0.946 bits per heavy atom. The molecule has 192 valence electrons. The molecule has 1 aromatic heterocycles. The highest BCUT2D eigenvalue weighted by Gasteiger charge is 2.19. The van der Waals surface area contributed by atoms with Crippen LogP contribution in [0.5, 0.6) is 17.2 Å². The predicted octanol–water partition coefficient (Wildman–Crippen LogP) is 6.43. The molecule has 0 atom stereocenters. The first-order chi connectivity index (χ1) is 18.1. The second-order valence-electron chi connectivity index (χ2n) is 9.25. The van der Waals surface area contributed by atoms with E-state index in [1.165, 1.54) is 7.11 Å². The normalized spacial score (nSPS) is 12.3. The number of hydrogen-bond acceptors (Lipinski definition) is 5. The van der Waals surface area contributed by atoms with Crippen molar-refractivity contribution in [1.82, 2.24) is 14.5 Å². The molecule has 0 saturated carbocycles. The number of hydrogen-bond donors (Lipinski definition) is 0. The minimum Gasteiger partial charge on any atom is -0.494 e. The quantitative estimate of drug-likeness (QED) is 0.237. The molecule has 1 aliphatic rings. The summed E-state index contributed by atoms with van der Waals surface area (Å²) in [7, 11) is 1.48. The van der Waals surface area contributed by atoms with Gasteiger partial charge in [0.05, 0.1) is 19.0 Å². The van der Waals surface area contributed by atoms with Gasteiger partial charge in [0.1, 0.15) is 5.82 Å². The van der Waals surface area contributed by atoms with Gasteiger partial charge in [0.25, 0.3) is 0 Å². The van der Waals surface area contributed by atoms with Crippen molar-refractivity contribution in [2.24, 2.45) is 0 Å². The molecule has 0 spiro atoms. The van der Waals surface area contributed by atoms with Gasteiger partial charge in [-0.2, -0.15) is 0 Å². The molecule has 37 heavy (non-hydrogen) atoms. The maximum atomic E-state index is 14.5. The molecule has 0 radical (unpaired) electrons. The third-order valence-corrected chi connectivity index (χ3v) is 6.56. The standard InChI is InChI=1S/C30H32FN3O3/c1-3-4-14-34-25(17-32-30(34)24-8-6-5-7-9-24)20-33(18-22-10-12-27(35-2)26(31)15-22)19-23-11-13-28-29(16-23)37-21-36-28/h5-13,15-17H,3-4,14,18-21H2,1-2H3. The molecule has 0 unspecified atom stereocenters. The Balaban J connectivity index is 1.45. The summed E-state index contributed by atoms with van der Waals surface area (Å²) in [5, 5.41) is 0. The lowest BCUT2D eigenvalue weighted by molar-refractivity contribution is 0.174. The average Bonchev–Trinajstić information content (AvgIpc) is 3.54. The molecule has 4 aromatic rings. The van der Waals surface area contributed by atoms with Crippen molar-refractivity contribution in [2.75, 3.05) is 13.9 Å². The van der Waals surface area contributed by atoms with Gasteiger partial charge in [0.15, 0.2) is 23.1 Å². The van der Waals surface area contributed by atoms with E-state index >= 15 is 0 Å². The van der Waals surface area contributed by atoms with Crippen LogP contribution in [0.2, 0.25) is 0 Å². The van der Waals surface area contributed by atoms with Gasteiger partial charge < -0.3 is 18.8 Å². The van der Waals surface area contributed by atoms with Crippen LogP contribution in [0.1, 0.15) is 36.6 Å². The molecule has 3 aromatic carbocycles. The van der Waals surface area contributed by atoms with Crippen LogP contribution in [0.15, 0.2) is 72.9 Å².